The summed E-state index contributed by atoms with van der Waals surface area (Å²) in [6, 6.07) is 5.91. The molecule has 1 unspecified atom stereocenters. The third-order valence-corrected chi connectivity index (χ3v) is 3.43. The summed E-state index contributed by atoms with van der Waals surface area (Å²) in [5, 5.41) is 0. The number of rotatable bonds is 8. The molecule has 0 amide bonds. The van der Waals surface area contributed by atoms with E-state index < -0.39 is 17.2 Å². The Morgan fingerprint density at radius 3 is 2.67 bits per heavy atom. The van der Waals surface area contributed by atoms with Crippen LogP contribution < -0.4 is 5.73 Å². The molecule has 1 aromatic rings. The molecule has 0 saturated carbocycles. The summed E-state index contributed by atoms with van der Waals surface area (Å²) in [4.78, 5) is 12.2. The van der Waals surface area contributed by atoms with E-state index in [1.54, 1.807) is 12.1 Å². The summed E-state index contributed by atoms with van der Waals surface area (Å²) in [7, 11) is 1.31. The van der Waals surface area contributed by atoms with Crippen LogP contribution in [-0.4, -0.2) is 32.8 Å². The number of halogens is 1. The Labute approximate surface area is 125 Å². The summed E-state index contributed by atoms with van der Waals surface area (Å²) in [5.41, 5.74) is 5.27. The van der Waals surface area contributed by atoms with E-state index in [1.807, 2.05) is 13.8 Å². The zero-order valence-electron chi connectivity index (χ0n) is 12.9. The molecule has 0 heterocycles. The van der Waals surface area contributed by atoms with Crippen molar-refractivity contribution in [2.45, 2.75) is 25.7 Å². The van der Waals surface area contributed by atoms with Crippen molar-refractivity contribution in [2.24, 2.45) is 11.7 Å². The number of benzene rings is 1. The standard InChI is InChI=1S/C16H24FNO3/c1-12(2)10-21-8-7-16(11-18,15(19)20-3)13-5-4-6-14(17)9-13/h4-6,9,12H,7-8,10-11,18H2,1-3H3. The minimum absolute atomic E-state index is 0.0359. The largest absolute Gasteiger partial charge is 0.468 e. The fourth-order valence-corrected chi connectivity index (χ4v) is 2.21. The van der Waals surface area contributed by atoms with Crippen molar-refractivity contribution in [1.82, 2.24) is 0 Å². The van der Waals surface area contributed by atoms with Crippen LogP contribution in [0.3, 0.4) is 0 Å². The number of ether oxygens (including phenoxy) is 2. The Bertz CT molecular complexity index is 465. The molecule has 118 valence electrons. The maximum atomic E-state index is 13.5. The quantitative estimate of drug-likeness (QED) is 0.590. The lowest BCUT2D eigenvalue weighted by molar-refractivity contribution is -0.148. The molecular formula is C16H24FNO3. The van der Waals surface area contributed by atoms with E-state index in [4.69, 9.17) is 15.2 Å². The maximum Gasteiger partial charge on any atom is 0.317 e. The van der Waals surface area contributed by atoms with Gasteiger partial charge in [-0.25, -0.2) is 4.39 Å². The highest BCUT2D eigenvalue weighted by Crippen LogP contribution is 2.29. The molecule has 0 aromatic heterocycles. The average Bonchev–Trinajstić information content (AvgIpc) is 2.47. The molecule has 0 aliphatic carbocycles. The van der Waals surface area contributed by atoms with E-state index >= 15 is 0 Å². The predicted octanol–water partition coefficient (Wildman–Crippen LogP) is 2.26. The second kappa shape index (κ2) is 8.10. The SMILES string of the molecule is COC(=O)C(CN)(CCOCC(C)C)c1cccc(F)c1. The number of carbonyl (C=O) groups excluding carboxylic acids is 1. The monoisotopic (exact) mass is 297 g/mol. The van der Waals surface area contributed by atoms with Crippen LogP contribution in [0, 0.1) is 11.7 Å². The van der Waals surface area contributed by atoms with Crippen LogP contribution >= 0.6 is 0 Å². The summed E-state index contributed by atoms with van der Waals surface area (Å²) >= 11 is 0. The summed E-state index contributed by atoms with van der Waals surface area (Å²) < 4.78 is 23.9. The minimum Gasteiger partial charge on any atom is -0.468 e. The number of esters is 1. The second-order valence-electron chi connectivity index (χ2n) is 5.51. The minimum atomic E-state index is -1.08. The first kappa shape index (κ1) is 17.6. The number of methoxy groups -OCH3 is 1. The third-order valence-electron chi connectivity index (χ3n) is 3.43. The highest BCUT2D eigenvalue weighted by atomic mass is 19.1. The van der Waals surface area contributed by atoms with Gasteiger partial charge < -0.3 is 15.2 Å². The molecule has 0 fully saturated rings. The van der Waals surface area contributed by atoms with E-state index in [-0.39, 0.29) is 6.54 Å². The molecule has 1 atom stereocenters. The normalized spacial score (nSPS) is 14.0. The Kier molecular flexibility index (Phi) is 6.78. The van der Waals surface area contributed by atoms with Crippen LogP contribution in [0.1, 0.15) is 25.8 Å². The zero-order chi connectivity index (χ0) is 15.9. The van der Waals surface area contributed by atoms with E-state index in [2.05, 4.69) is 0 Å². The van der Waals surface area contributed by atoms with Crippen LogP contribution in [0.25, 0.3) is 0 Å². The van der Waals surface area contributed by atoms with Gasteiger partial charge in [0.2, 0.25) is 0 Å². The van der Waals surface area contributed by atoms with Crippen molar-refractivity contribution in [3.8, 4) is 0 Å². The molecule has 0 aliphatic heterocycles. The Morgan fingerprint density at radius 2 is 2.14 bits per heavy atom. The highest BCUT2D eigenvalue weighted by molar-refractivity contribution is 5.83. The second-order valence-corrected chi connectivity index (χ2v) is 5.51. The van der Waals surface area contributed by atoms with Crippen LogP contribution in [0.5, 0.6) is 0 Å². The number of carbonyl (C=O) groups is 1. The smallest absolute Gasteiger partial charge is 0.317 e. The van der Waals surface area contributed by atoms with E-state index in [0.717, 1.165) is 0 Å². The van der Waals surface area contributed by atoms with Gasteiger partial charge in [0.15, 0.2) is 0 Å². The molecule has 4 nitrogen and oxygen atoms in total. The van der Waals surface area contributed by atoms with Crippen molar-refractivity contribution in [3.05, 3.63) is 35.6 Å². The first-order chi connectivity index (χ1) is 9.96. The van der Waals surface area contributed by atoms with Crippen molar-refractivity contribution < 1.29 is 18.7 Å². The maximum absolute atomic E-state index is 13.5. The van der Waals surface area contributed by atoms with Gasteiger partial charge in [-0.1, -0.05) is 26.0 Å². The summed E-state index contributed by atoms with van der Waals surface area (Å²) in [6.45, 7) is 5.09. The predicted molar refractivity (Wildman–Crippen MR) is 79.4 cm³/mol. The summed E-state index contributed by atoms with van der Waals surface area (Å²) in [6.07, 6.45) is 0.354. The lowest BCUT2D eigenvalue weighted by atomic mass is 9.77. The number of hydrogen-bond acceptors (Lipinski definition) is 4. The number of nitrogens with two attached hydrogens (primary N) is 1. The summed E-state index contributed by atoms with van der Waals surface area (Å²) in [5.74, 6) is -0.467. The Balaban J connectivity index is 2.96. The van der Waals surface area contributed by atoms with Crippen molar-refractivity contribution in [2.75, 3.05) is 26.9 Å². The molecule has 0 bridgehead atoms. The third kappa shape index (κ3) is 4.51. The average molecular weight is 297 g/mol. The first-order valence-electron chi connectivity index (χ1n) is 7.08. The highest BCUT2D eigenvalue weighted by Gasteiger charge is 2.40. The fourth-order valence-electron chi connectivity index (χ4n) is 2.21. The zero-order valence-corrected chi connectivity index (χ0v) is 12.9. The van der Waals surface area contributed by atoms with Gasteiger partial charge in [0.1, 0.15) is 11.2 Å². The van der Waals surface area contributed by atoms with Crippen molar-refractivity contribution >= 4 is 5.97 Å². The first-order valence-corrected chi connectivity index (χ1v) is 7.08. The van der Waals surface area contributed by atoms with Gasteiger partial charge in [-0.15, -0.1) is 0 Å². The lowest BCUT2D eigenvalue weighted by Gasteiger charge is -2.30. The Hall–Kier alpha value is -1.46. The van der Waals surface area contributed by atoms with Gasteiger partial charge in [0.25, 0.3) is 0 Å². The lowest BCUT2D eigenvalue weighted by Crippen LogP contribution is -2.45. The molecule has 5 heteroatoms. The molecular weight excluding hydrogens is 273 g/mol. The molecule has 2 N–H and O–H groups in total. The number of hydrogen-bond donors (Lipinski definition) is 1. The van der Waals surface area contributed by atoms with Gasteiger partial charge in [0, 0.05) is 19.8 Å². The topological polar surface area (TPSA) is 61.5 Å². The van der Waals surface area contributed by atoms with Crippen molar-refractivity contribution in [3.63, 3.8) is 0 Å². The van der Waals surface area contributed by atoms with Gasteiger partial charge >= 0.3 is 5.97 Å². The fraction of sp³-hybridized carbons (Fsp3) is 0.562. The molecule has 21 heavy (non-hydrogen) atoms. The van der Waals surface area contributed by atoms with E-state index in [1.165, 1.54) is 19.2 Å². The van der Waals surface area contributed by atoms with Gasteiger partial charge in [-0.05, 0) is 30.0 Å². The molecule has 0 spiro atoms. The van der Waals surface area contributed by atoms with Gasteiger partial charge in [-0.2, -0.15) is 0 Å². The van der Waals surface area contributed by atoms with Gasteiger partial charge in [0.05, 0.1) is 7.11 Å². The van der Waals surface area contributed by atoms with Crippen LogP contribution in [0.15, 0.2) is 24.3 Å². The van der Waals surface area contributed by atoms with Gasteiger partial charge in [-0.3, -0.25) is 4.79 Å². The van der Waals surface area contributed by atoms with E-state index in [9.17, 15) is 9.18 Å². The molecule has 1 aromatic carbocycles. The Morgan fingerprint density at radius 1 is 1.43 bits per heavy atom. The van der Waals surface area contributed by atoms with Crippen LogP contribution in [0.2, 0.25) is 0 Å². The van der Waals surface area contributed by atoms with Crippen molar-refractivity contribution in [1.29, 1.82) is 0 Å². The van der Waals surface area contributed by atoms with Crippen LogP contribution in [0.4, 0.5) is 4.39 Å². The molecule has 1 rings (SSSR count). The molecule has 0 aliphatic rings. The van der Waals surface area contributed by atoms with E-state index in [0.29, 0.717) is 31.1 Å². The molecule has 0 radical (unpaired) electrons. The van der Waals surface area contributed by atoms with Crippen LogP contribution in [-0.2, 0) is 19.7 Å². The molecule has 0 saturated heterocycles.